The summed E-state index contributed by atoms with van der Waals surface area (Å²) in [4.78, 5) is 0. The molecule has 0 N–H and O–H groups in total. The van der Waals surface area contributed by atoms with Crippen molar-refractivity contribution in [2.75, 3.05) is 0 Å². The number of nitrogens with zero attached hydrogens (tertiary/aromatic N) is 3. The minimum atomic E-state index is 0.542. The Balaban J connectivity index is 3.01. The van der Waals surface area contributed by atoms with Crippen LogP contribution in [0.15, 0.2) is 10.7 Å². The zero-order valence-corrected chi connectivity index (χ0v) is 9.02. The Morgan fingerprint density at radius 1 is 1.42 bits per heavy atom. The van der Waals surface area contributed by atoms with Crippen LogP contribution in [0.2, 0.25) is 5.15 Å². The maximum absolute atomic E-state index is 5.92. The van der Waals surface area contributed by atoms with E-state index in [4.69, 9.17) is 11.6 Å². The molecule has 2 aromatic heterocycles. The molecular weight excluding hydrogens is 241 g/mol. The van der Waals surface area contributed by atoms with Gasteiger partial charge < -0.3 is 4.57 Å². The summed E-state index contributed by atoms with van der Waals surface area (Å²) in [6.45, 7) is 0. The van der Waals surface area contributed by atoms with Crippen molar-refractivity contribution < 1.29 is 0 Å². The molecule has 0 aliphatic heterocycles. The van der Waals surface area contributed by atoms with Crippen LogP contribution in [0, 0.1) is 0 Å². The highest BCUT2D eigenvalue weighted by atomic mass is 79.9. The maximum Gasteiger partial charge on any atom is 0.175 e. The van der Waals surface area contributed by atoms with Crippen LogP contribution in [-0.4, -0.2) is 14.3 Å². The van der Waals surface area contributed by atoms with E-state index in [-0.39, 0.29) is 0 Å². The fourth-order valence-corrected chi connectivity index (χ4v) is 2.44. The van der Waals surface area contributed by atoms with Crippen LogP contribution < -0.4 is 0 Å². The second-order valence-corrected chi connectivity index (χ2v) is 3.91. The van der Waals surface area contributed by atoms with Gasteiger partial charge in [0, 0.05) is 20.3 Å². The summed E-state index contributed by atoms with van der Waals surface area (Å²) in [6.07, 6.45) is 1.97. The summed E-state index contributed by atoms with van der Waals surface area (Å²) in [5, 5.41) is 4.65. The first-order chi connectivity index (χ1) is 5.61. The van der Waals surface area contributed by atoms with Crippen LogP contribution in [0.4, 0.5) is 0 Å². The minimum absolute atomic E-state index is 0.542. The average molecular weight is 249 g/mol. The van der Waals surface area contributed by atoms with Crippen molar-refractivity contribution in [1.82, 2.24) is 14.3 Å². The number of halogens is 2. The van der Waals surface area contributed by atoms with Crippen molar-refractivity contribution in [3.8, 4) is 0 Å². The molecule has 2 rings (SSSR count). The number of hydrogen-bond acceptors (Lipinski definition) is 1. The van der Waals surface area contributed by atoms with Crippen LogP contribution in [0.25, 0.3) is 11.0 Å². The summed E-state index contributed by atoms with van der Waals surface area (Å²) < 4.78 is 4.73. The highest BCUT2D eigenvalue weighted by Crippen LogP contribution is 2.29. The largest absolute Gasteiger partial charge is 0.346 e. The summed E-state index contributed by atoms with van der Waals surface area (Å²) in [6, 6.07) is 0. The van der Waals surface area contributed by atoms with Gasteiger partial charge in [-0.1, -0.05) is 11.6 Å². The molecule has 0 fully saturated rings. The number of aromatic nitrogens is 3. The van der Waals surface area contributed by atoms with Crippen molar-refractivity contribution in [3.05, 3.63) is 15.8 Å². The normalized spacial score (nSPS) is 11.3. The Morgan fingerprint density at radius 3 is 2.67 bits per heavy atom. The highest BCUT2D eigenvalue weighted by Gasteiger charge is 2.13. The molecule has 5 heteroatoms. The minimum Gasteiger partial charge on any atom is -0.346 e. The molecule has 0 aliphatic rings. The van der Waals surface area contributed by atoms with Crippen molar-refractivity contribution >= 4 is 38.6 Å². The third kappa shape index (κ3) is 0.912. The van der Waals surface area contributed by atoms with Crippen molar-refractivity contribution in [1.29, 1.82) is 0 Å². The van der Waals surface area contributed by atoms with Crippen LogP contribution in [0.3, 0.4) is 0 Å². The van der Waals surface area contributed by atoms with Crippen LogP contribution in [-0.2, 0) is 14.1 Å². The van der Waals surface area contributed by atoms with Crippen molar-refractivity contribution in [2.24, 2.45) is 14.1 Å². The molecule has 3 nitrogen and oxygen atoms in total. The van der Waals surface area contributed by atoms with Gasteiger partial charge in [0.2, 0.25) is 0 Å². The fraction of sp³-hybridized carbons (Fsp3) is 0.286. The second-order valence-electron chi connectivity index (χ2n) is 2.70. The third-order valence-corrected chi connectivity index (χ3v) is 2.70. The molecule has 0 atom stereocenters. The van der Waals surface area contributed by atoms with Gasteiger partial charge in [-0.05, 0) is 15.9 Å². The zero-order chi connectivity index (χ0) is 8.88. The van der Waals surface area contributed by atoms with Gasteiger partial charge in [-0.25, -0.2) is 0 Å². The molecule has 0 bridgehead atoms. The molecule has 0 unspecified atom stereocenters. The summed E-state index contributed by atoms with van der Waals surface area (Å²) >= 11 is 9.36. The molecule has 0 radical (unpaired) electrons. The smallest absolute Gasteiger partial charge is 0.175 e. The van der Waals surface area contributed by atoms with Gasteiger partial charge in [0.15, 0.2) is 5.15 Å². The second kappa shape index (κ2) is 2.50. The van der Waals surface area contributed by atoms with Gasteiger partial charge in [0.25, 0.3) is 0 Å². The van der Waals surface area contributed by atoms with Gasteiger partial charge in [0.05, 0.1) is 4.47 Å². The topological polar surface area (TPSA) is 22.8 Å². The monoisotopic (exact) mass is 247 g/mol. The van der Waals surface area contributed by atoms with E-state index in [1.54, 1.807) is 4.68 Å². The van der Waals surface area contributed by atoms with E-state index in [1.807, 2.05) is 24.9 Å². The first-order valence-electron chi connectivity index (χ1n) is 3.44. The number of aryl methyl sites for hydroxylation is 2. The van der Waals surface area contributed by atoms with E-state index in [0.29, 0.717) is 5.15 Å². The SMILES string of the molecule is Cn1cc(Br)c2c1c(Cl)nn2C. The predicted octanol–water partition coefficient (Wildman–Crippen LogP) is 2.33. The van der Waals surface area contributed by atoms with Crippen LogP contribution in [0.5, 0.6) is 0 Å². The number of rotatable bonds is 0. The van der Waals surface area contributed by atoms with E-state index in [9.17, 15) is 0 Å². The molecular formula is C7H7BrClN3. The van der Waals surface area contributed by atoms with E-state index in [0.717, 1.165) is 15.5 Å². The van der Waals surface area contributed by atoms with Gasteiger partial charge in [-0.2, -0.15) is 5.10 Å². The van der Waals surface area contributed by atoms with E-state index < -0.39 is 0 Å². The maximum atomic E-state index is 5.92. The molecule has 12 heavy (non-hydrogen) atoms. The van der Waals surface area contributed by atoms with Crippen LogP contribution >= 0.6 is 27.5 Å². The fourth-order valence-electron chi connectivity index (χ4n) is 1.36. The summed E-state index contributed by atoms with van der Waals surface area (Å²) in [5.41, 5.74) is 1.99. The Hall–Kier alpha value is -0.480. The molecule has 0 saturated carbocycles. The Bertz CT molecular complexity index is 368. The molecule has 2 heterocycles. The summed E-state index contributed by atoms with van der Waals surface area (Å²) in [7, 11) is 3.82. The van der Waals surface area contributed by atoms with E-state index >= 15 is 0 Å². The molecule has 0 saturated heterocycles. The van der Waals surface area contributed by atoms with Gasteiger partial charge in [-0.15, -0.1) is 0 Å². The standard InChI is InChI=1S/C7H7BrClN3/c1-11-3-4(8)5-6(11)7(9)10-12(5)2/h3H,1-2H3. The molecule has 0 aliphatic carbocycles. The number of hydrogen-bond donors (Lipinski definition) is 0. The lowest BCUT2D eigenvalue weighted by atomic mass is 10.5. The summed E-state index contributed by atoms with van der Waals surface area (Å²) in [5.74, 6) is 0. The van der Waals surface area contributed by atoms with Gasteiger partial charge >= 0.3 is 0 Å². The predicted molar refractivity (Wildman–Crippen MR) is 52.4 cm³/mol. The molecule has 2 aromatic rings. The third-order valence-electron chi connectivity index (χ3n) is 1.87. The molecule has 0 aromatic carbocycles. The lowest BCUT2D eigenvalue weighted by molar-refractivity contribution is 0.795. The quantitative estimate of drug-likeness (QED) is 0.702. The molecule has 64 valence electrons. The van der Waals surface area contributed by atoms with E-state index in [1.165, 1.54) is 0 Å². The Labute approximate surface area is 83.0 Å². The first-order valence-corrected chi connectivity index (χ1v) is 4.61. The lowest BCUT2D eigenvalue weighted by Crippen LogP contribution is -1.88. The molecule has 0 amide bonds. The van der Waals surface area contributed by atoms with Gasteiger partial charge in [-0.3, -0.25) is 4.68 Å². The van der Waals surface area contributed by atoms with Crippen molar-refractivity contribution in [3.63, 3.8) is 0 Å². The Morgan fingerprint density at radius 2 is 2.08 bits per heavy atom. The Kier molecular flexibility index (Phi) is 1.70. The average Bonchev–Trinajstić information content (AvgIpc) is 2.38. The molecule has 0 spiro atoms. The first kappa shape index (κ1) is 8.13. The lowest BCUT2D eigenvalue weighted by Gasteiger charge is -1.88. The van der Waals surface area contributed by atoms with Gasteiger partial charge in [0.1, 0.15) is 11.0 Å². The van der Waals surface area contributed by atoms with E-state index in [2.05, 4.69) is 21.0 Å². The number of fused-ring (bicyclic) bond motifs is 1. The highest BCUT2D eigenvalue weighted by molar-refractivity contribution is 9.10. The van der Waals surface area contributed by atoms with Crippen molar-refractivity contribution in [2.45, 2.75) is 0 Å². The van der Waals surface area contributed by atoms with Crippen LogP contribution in [0.1, 0.15) is 0 Å². The zero-order valence-electron chi connectivity index (χ0n) is 6.67.